The minimum atomic E-state index is -0.193. The number of carbonyl (C=O) groups excluding carboxylic acids is 2. The van der Waals surface area contributed by atoms with Crippen molar-refractivity contribution in [2.75, 3.05) is 26.8 Å². The lowest BCUT2D eigenvalue weighted by Crippen LogP contribution is -2.49. The molecular weight excluding hydrogens is 270 g/mol. The third-order valence-electron chi connectivity index (χ3n) is 4.97. The van der Waals surface area contributed by atoms with E-state index in [1.54, 1.807) is 12.0 Å². The molecule has 3 atom stereocenters. The second-order valence-electron chi connectivity index (χ2n) is 6.55. The molecule has 2 N–H and O–H groups in total. The Morgan fingerprint density at radius 3 is 2.76 bits per heavy atom. The molecular formula is C15H25N3O3. The first-order valence-electron chi connectivity index (χ1n) is 7.99. The van der Waals surface area contributed by atoms with E-state index < -0.39 is 0 Å². The van der Waals surface area contributed by atoms with Crippen LogP contribution in [0.4, 0.5) is 0 Å². The zero-order chi connectivity index (χ0) is 14.8. The zero-order valence-corrected chi connectivity index (χ0v) is 12.6. The van der Waals surface area contributed by atoms with E-state index in [4.69, 9.17) is 4.74 Å². The molecule has 3 saturated heterocycles. The second kappa shape index (κ2) is 6.32. The molecule has 0 aliphatic carbocycles. The second-order valence-corrected chi connectivity index (χ2v) is 6.55. The summed E-state index contributed by atoms with van der Waals surface area (Å²) in [6, 6.07) is 1.41. The Balaban J connectivity index is 1.48. The molecule has 0 radical (unpaired) electrons. The minimum absolute atomic E-state index is 0.0505. The number of nitrogens with one attached hydrogen (secondary N) is 2. The van der Waals surface area contributed by atoms with E-state index in [1.165, 1.54) is 12.8 Å². The predicted octanol–water partition coefficient (Wildman–Crippen LogP) is -0.119. The molecule has 0 saturated carbocycles. The van der Waals surface area contributed by atoms with Crippen molar-refractivity contribution in [2.24, 2.45) is 5.92 Å². The lowest BCUT2D eigenvalue weighted by atomic mass is 9.98. The third-order valence-corrected chi connectivity index (χ3v) is 4.97. The van der Waals surface area contributed by atoms with E-state index in [2.05, 4.69) is 10.6 Å². The van der Waals surface area contributed by atoms with Crippen LogP contribution in [0.25, 0.3) is 0 Å². The highest BCUT2D eigenvalue weighted by Gasteiger charge is 2.38. The van der Waals surface area contributed by atoms with Crippen LogP contribution in [0.5, 0.6) is 0 Å². The standard InChI is InChI=1S/C15H25N3O3/c1-21-5-4-18-9-10(6-14(18)19)15(20)17-13-7-11-2-3-12(8-13)16-11/h10-13,16H,2-9H2,1H3,(H,17,20). The minimum Gasteiger partial charge on any atom is -0.383 e. The molecule has 21 heavy (non-hydrogen) atoms. The normalized spacial score (nSPS) is 35.3. The van der Waals surface area contributed by atoms with E-state index in [9.17, 15) is 9.59 Å². The van der Waals surface area contributed by atoms with Gasteiger partial charge in [0.25, 0.3) is 0 Å². The maximum Gasteiger partial charge on any atom is 0.225 e. The number of amides is 2. The lowest BCUT2D eigenvalue weighted by Gasteiger charge is -2.30. The van der Waals surface area contributed by atoms with Crippen molar-refractivity contribution in [3.8, 4) is 0 Å². The molecule has 2 bridgehead atoms. The smallest absolute Gasteiger partial charge is 0.225 e. The summed E-state index contributed by atoms with van der Waals surface area (Å²) in [7, 11) is 1.62. The van der Waals surface area contributed by atoms with Crippen molar-refractivity contribution < 1.29 is 14.3 Å². The van der Waals surface area contributed by atoms with Crippen LogP contribution in [0, 0.1) is 5.92 Å². The average molecular weight is 295 g/mol. The number of hydrogen-bond acceptors (Lipinski definition) is 4. The summed E-state index contributed by atoms with van der Waals surface area (Å²) in [5.74, 6) is -0.0750. The summed E-state index contributed by atoms with van der Waals surface area (Å²) in [6.07, 6.45) is 4.84. The number of ether oxygens (including phenoxy) is 1. The van der Waals surface area contributed by atoms with E-state index >= 15 is 0 Å². The van der Waals surface area contributed by atoms with Gasteiger partial charge in [-0.15, -0.1) is 0 Å². The summed E-state index contributed by atoms with van der Waals surface area (Å²) < 4.78 is 5.00. The summed E-state index contributed by atoms with van der Waals surface area (Å²) in [4.78, 5) is 26.0. The van der Waals surface area contributed by atoms with Crippen molar-refractivity contribution in [1.29, 1.82) is 0 Å². The van der Waals surface area contributed by atoms with Crippen LogP contribution in [-0.4, -0.2) is 61.6 Å². The molecule has 6 nitrogen and oxygen atoms in total. The van der Waals surface area contributed by atoms with Gasteiger partial charge < -0.3 is 20.3 Å². The Hall–Kier alpha value is -1.14. The fraction of sp³-hybridized carbons (Fsp3) is 0.867. The van der Waals surface area contributed by atoms with Gasteiger partial charge in [0.15, 0.2) is 0 Å². The predicted molar refractivity (Wildman–Crippen MR) is 77.7 cm³/mol. The van der Waals surface area contributed by atoms with E-state index in [-0.39, 0.29) is 23.8 Å². The van der Waals surface area contributed by atoms with Crippen molar-refractivity contribution in [1.82, 2.24) is 15.5 Å². The van der Waals surface area contributed by atoms with Gasteiger partial charge in [0.1, 0.15) is 0 Å². The molecule has 0 aromatic heterocycles. The van der Waals surface area contributed by atoms with Crippen LogP contribution >= 0.6 is 0 Å². The summed E-state index contributed by atoms with van der Waals surface area (Å²) in [6.45, 7) is 1.64. The van der Waals surface area contributed by atoms with Gasteiger partial charge in [0, 0.05) is 44.7 Å². The Morgan fingerprint density at radius 1 is 1.38 bits per heavy atom. The fourth-order valence-electron chi connectivity index (χ4n) is 3.86. The SMILES string of the molecule is COCCN1CC(C(=O)NC2CC3CCC(C2)N3)CC1=O. The van der Waals surface area contributed by atoms with Crippen LogP contribution in [0.3, 0.4) is 0 Å². The van der Waals surface area contributed by atoms with Gasteiger partial charge >= 0.3 is 0 Å². The summed E-state index contributed by atoms with van der Waals surface area (Å²) >= 11 is 0. The van der Waals surface area contributed by atoms with Gasteiger partial charge in [-0.25, -0.2) is 0 Å². The monoisotopic (exact) mass is 295 g/mol. The number of nitrogens with zero attached hydrogens (tertiary/aromatic N) is 1. The van der Waals surface area contributed by atoms with Gasteiger partial charge in [-0.1, -0.05) is 0 Å². The highest BCUT2D eigenvalue weighted by Crippen LogP contribution is 2.27. The number of rotatable bonds is 5. The molecule has 118 valence electrons. The molecule has 0 spiro atoms. The quantitative estimate of drug-likeness (QED) is 0.742. The average Bonchev–Trinajstić information content (AvgIpc) is 2.99. The largest absolute Gasteiger partial charge is 0.383 e. The molecule has 6 heteroatoms. The fourth-order valence-corrected chi connectivity index (χ4v) is 3.86. The first kappa shape index (κ1) is 14.8. The van der Waals surface area contributed by atoms with E-state index in [0.717, 1.165) is 12.8 Å². The topological polar surface area (TPSA) is 70.7 Å². The highest BCUT2D eigenvalue weighted by molar-refractivity contribution is 5.89. The Kier molecular flexibility index (Phi) is 4.45. The first-order chi connectivity index (χ1) is 10.2. The van der Waals surface area contributed by atoms with Crippen molar-refractivity contribution in [3.05, 3.63) is 0 Å². The van der Waals surface area contributed by atoms with Gasteiger partial charge in [0.05, 0.1) is 12.5 Å². The van der Waals surface area contributed by atoms with Crippen molar-refractivity contribution in [2.45, 2.75) is 50.2 Å². The van der Waals surface area contributed by atoms with Gasteiger partial charge in [-0.2, -0.15) is 0 Å². The maximum absolute atomic E-state index is 12.4. The van der Waals surface area contributed by atoms with Crippen LogP contribution in [0.1, 0.15) is 32.1 Å². The van der Waals surface area contributed by atoms with Crippen LogP contribution in [0.2, 0.25) is 0 Å². The molecule has 3 heterocycles. The Labute approximate surface area is 125 Å². The zero-order valence-electron chi connectivity index (χ0n) is 12.6. The molecule has 3 rings (SSSR count). The van der Waals surface area contributed by atoms with E-state index in [0.29, 0.717) is 38.2 Å². The molecule has 0 aromatic rings. The number of piperidine rings is 1. The van der Waals surface area contributed by atoms with Crippen LogP contribution in [-0.2, 0) is 14.3 Å². The van der Waals surface area contributed by atoms with Crippen LogP contribution in [0.15, 0.2) is 0 Å². The Bertz CT molecular complexity index is 403. The van der Waals surface area contributed by atoms with Crippen molar-refractivity contribution >= 4 is 11.8 Å². The molecule has 3 aliphatic rings. The molecule has 2 amide bonds. The highest BCUT2D eigenvalue weighted by atomic mass is 16.5. The van der Waals surface area contributed by atoms with Gasteiger partial charge in [-0.05, 0) is 25.7 Å². The summed E-state index contributed by atoms with van der Waals surface area (Å²) in [5, 5.41) is 6.74. The molecule has 3 aliphatic heterocycles. The molecule has 3 fully saturated rings. The third kappa shape index (κ3) is 3.37. The number of carbonyl (C=O) groups is 2. The number of likely N-dealkylation sites (tertiary alicyclic amines) is 1. The maximum atomic E-state index is 12.4. The molecule has 0 aromatic carbocycles. The Morgan fingerprint density at radius 2 is 2.10 bits per heavy atom. The number of fused-ring (bicyclic) bond motifs is 2. The van der Waals surface area contributed by atoms with Crippen molar-refractivity contribution in [3.63, 3.8) is 0 Å². The van der Waals surface area contributed by atoms with Gasteiger partial charge in [0.2, 0.25) is 11.8 Å². The van der Waals surface area contributed by atoms with Gasteiger partial charge in [-0.3, -0.25) is 9.59 Å². The first-order valence-corrected chi connectivity index (χ1v) is 7.99. The van der Waals surface area contributed by atoms with E-state index in [1.807, 2.05) is 0 Å². The lowest BCUT2D eigenvalue weighted by molar-refractivity contribution is -0.129. The molecule has 3 unspecified atom stereocenters. The number of methoxy groups -OCH3 is 1. The number of hydrogen-bond donors (Lipinski definition) is 2. The van der Waals surface area contributed by atoms with Crippen LogP contribution < -0.4 is 10.6 Å². The summed E-state index contributed by atoms with van der Waals surface area (Å²) in [5.41, 5.74) is 0.